The summed E-state index contributed by atoms with van der Waals surface area (Å²) in [4.78, 5) is 33.1. The molecule has 0 saturated carbocycles. The van der Waals surface area contributed by atoms with Gasteiger partial charge in [0, 0.05) is 6.42 Å². The number of esters is 1. The number of carboxylic acids is 1. The van der Waals surface area contributed by atoms with Gasteiger partial charge in [-0.15, -0.1) is 0 Å². The zero-order chi connectivity index (χ0) is 22.0. The maximum Gasteiger partial charge on any atom is 0.335 e. The maximum atomic E-state index is 11.6. The number of carboxylic acid groups (broad SMARTS) is 1. The smallest absolute Gasteiger partial charge is 0.335 e. The zero-order valence-corrected chi connectivity index (χ0v) is 16.6. The van der Waals surface area contributed by atoms with Gasteiger partial charge in [-0.05, 0) is 26.3 Å². The molecule has 0 aliphatic rings. The van der Waals surface area contributed by atoms with Gasteiger partial charge < -0.3 is 24.1 Å². The van der Waals surface area contributed by atoms with Gasteiger partial charge in [0.25, 0.3) is 5.69 Å². The lowest BCUT2D eigenvalue weighted by atomic mass is 10.1. The average Bonchev–Trinajstić information content (AvgIpc) is 2.68. The number of hydrogen-bond acceptors (Lipinski definition) is 8. The van der Waals surface area contributed by atoms with Crippen LogP contribution in [0.2, 0.25) is 0 Å². The molecule has 1 atom stereocenters. The zero-order valence-electron chi connectivity index (χ0n) is 16.6. The lowest BCUT2D eigenvalue weighted by Crippen LogP contribution is -2.14. The Labute approximate surface area is 168 Å². The topological polar surface area (TPSA) is 134 Å². The van der Waals surface area contributed by atoms with Crippen molar-refractivity contribution in [3.63, 3.8) is 0 Å². The van der Waals surface area contributed by atoms with Crippen LogP contribution in [0, 0.1) is 10.1 Å². The second kappa shape index (κ2) is 11.6. The van der Waals surface area contributed by atoms with Crippen molar-refractivity contribution in [2.24, 2.45) is 0 Å². The lowest BCUT2D eigenvalue weighted by Gasteiger charge is -2.17. The number of hydrogen-bond donors (Lipinski definition) is 1. The molecule has 0 amide bonds. The summed E-state index contributed by atoms with van der Waals surface area (Å²) in [5.74, 6) is -1.20. The van der Waals surface area contributed by atoms with Crippen LogP contribution < -0.4 is 9.47 Å². The number of nitro groups is 1. The van der Waals surface area contributed by atoms with Crippen molar-refractivity contribution in [1.82, 2.24) is 0 Å². The highest BCUT2D eigenvalue weighted by atomic mass is 16.6. The van der Waals surface area contributed by atoms with E-state index in [-0.39, 0.29) is 61.0 Å². The third-order valence-electron chi connectivity index (χ3n) is 3.81. The Hall–Kier alpha value is -3.14. The van der Waals surface area contributed by atoms with Gasteiger partial charge in [-0.2, -0.15) is 0 Å². The van der Waals surface area contributed by atoms with Gasteiger partial charge in [0.2, 0.25) is 0 Å². The summed E-state index contributed by atoms with van der Waals surface area (Å²) < 4.78 is 21.0. The van der Waals surface area contributed by atoms with E-state index in [1.54, 1.807) is 13.8 Å². The number of carbonyl (C=O) groups excluding carboxylic acids is 1. The molecule has 0 heterocycles. The Bertz CT molecular complexity index is 760. The van der Waals surface area contributed by atoms with Crippen LogP contribution in [0.1, 0.15) is 38.4 Å². The van der Waals surface area contributed by atoms with Crippen LogP contribution in [0.25, 0.3) is 0 Å². The molecular formula is C19H25NO9. The van der Waals surface area contributed by atoms with Crippen LogP contribution in [-0.2, 0) is 19.1 Å². The standard InChI is InChI=1S/C19H25NO9/c1-5-27-19(23)12(2)11-29-13(3)14-9-16(26-4)17(10-15(14)20(24)25)28-8-6-7-18(21)22/h9-10,13H,2,5-8,11H2,1,3-4H3,(H,21,22). The molecule has 0 spiro atoms. The first-order valence-electron chi connectivity index (χ1n) is 8.88. The molecule has 0 bridgehead atoms. The summed E-state index contributed by atoms with van der Waals surface area (Å²) in [6.45, 7) is 6.93. The summed E-state index contributed by atoms with van der Waals surface area (Å²) in [7, 11) is 1.38. The molecule has 0 radical (unpaired) electrons. The highest BCUT2D eigenvalue weighted by Gasteiger charge is 2.25. The monoisotopic (exact) mass is 411 g/mol. The van der Waals surface area contributed by atoms with E-state index in [9.17, 15) is 19.7 Å². The van der Waals surface area contributed by atoms with Gasteiger partial charge in [-0.25, -0.2) is 4.79 Å². The SMILES string of the molecule is C=C(COC(C)c1cc(OC)c(OCCCC(=O)O)cc1[N+](=O)[O-])C(=O)OCC. The molecular weight excluding hydrogens is 386 g/mol. The van der Waals surface area contributed by atoms with E-state index in [4.69, 9.17) is 24.1 Å². The largest absolute Gasteiger partial charge is 0.493 e. The number of carbonyl (C=O) groups is 2. The van der Waals surface area contributed by atoms with E-state index in [0.717, 1.165) is 0 Å². The van der Waals surface area contributed by atoms with Crippen LogP contribution in [0.3, 0.4) is 0 Å². The van der Waals surface area contributed by atoms with E-state index in [1.807, 2.05) is 0 Å². The summed E-state index contributed by atoms with van der Waals surface area (Å²) in [6, 6.07) is 2.62. The van der Waals surface area contributed by atoms with E-state index < -0.39 is 23.0 Å². The van der Waals surface area contributed by atoms with Crippen molar-refractivity contribution in [1.29, 1.82) is 0 Å². The molecule has 1 rings (SSSR count). The van der Waals surface area contributed by atoms with Gasteiger partial charge >= 0.3 is 11.9 Å². The molecule has 29 heavy (non-hydrogen) atoms. The van der Waals surface area contributed by atoms with Crippen molar-refractivity contribution in [2.45, 2.75) is 32.8 Å². The molecule has 1 aromatic carbocycles. The predicted octanol–water partition coefficient (Wildman–Crippen LogP) is 3.04. The molecule has 0 aliphatic carbocycles. The minimum absolute atomic E-state index is 0.0601. The summed E-state index contributed by atoms with van der Waals surface area (Å²) in [6.07, 6.45) is -0.599. The number of aliphatic carboxylic acids is 1. The molecule has 1 aromatic rings. The normalized spacial score (nSPS) is 11.4. The third-order valence-corrected chi connectivity index (χ3v) is 3.81. The number of ether oxygens (including phenoxy) is 4. The van der Waals surface area contributed by atoms with Gasteiger partial charge in [0.1, 0.15) is 0 Å². The Morgan fingerprint density at radius 2 is 2.00 bits per heavy atom. The van der Waals surface area contributed by atoms with Crippen LogP contribution in [0.4, 0.5) is 5.69 Å². The van der Waals surface area contributed by atoms with Crippen molar-refractivity contribution in [2.75, 3.05) is 26.9 Å². The lowest BCUT2D eigenvalue weighted by molar-refractivity contribution is -0.386. The van der Waals surface area contributed by atoms with E-state index in [0.29, 0.717) is 0 Å². The van der Waals surface area contributed by atoms with Crippen LogP contribution in [-0.4, -0.2) is 48.9 Å². The Morgan fingerprint density at radius 1 is 1.31 bits per heavy atom. The molecule has 10 nitrogen and oxygen atoms in total. The Kier molecular flexibility index (Phi) is 9.60. The second-order valence-electron chi connectivity index (χ2n) is 5.94. The highest BCUT2D eigenvalue weighted by Crippen LogP contribution is 2.38. The van der Waals surface area contributed by atoms with Crippen molar-refractivity contribution >= 4 is 17.6 Å². The Morgan fingerprint density at radius 3 is 2.55 bits per heavy atom. The van der Waals surface area contributed by atoms with E-state index in [1.165, 1.54) is 19.2 Å². The van der Waals surface area contributed by atoms with Crippen molar-refractivity contribution in [3.05, 3.63) is 40.0 Å². The number of methoxy groups -OCH3 is 1. The number of rotatable bonds is 13. The quantitative estimate of drug-likeness (QED) is 0.171. The first kappa shape index (κ1) is 23.9. The molecule has 0 aromatic heterocycles. The average molecular weight is 411 g/mol. The van der Waals surface area contributed by atoms with Crippen LogP contribution in [0.15, 0.2) is 24.3 Å². The number of nitro benzene ring substituents is 1. The summed E-state index contributed by atoms with van der Waals surface area (Å²) in [5.41, 5.74) is 0.0568. The highest BCUT2D eigenvalue weighted by molar-refractivity contribution is 5.87. The molecule has 0 fully saturated rings. The second-order valence-corrected chi connectivity index (χ2v) is 5.94. The van der Waals surface area contributed by atoms with E-state index >= 15 is 0 Å². The summed E-state index contributed by atoms with van der Waals surface area (Å²) >= 11 is 0. The van der Waals surface area contributed by atoms with Gasteiger partial charge in [-0.1, -0.05) is 6.58 Å². The van der Waals surface area contributed by atoms with Crippen LogP contribution in [0.5, 0.6) is 11.5 Å². The fraction of sp³-hybridized carbons (Fsp3) is 0.474. The molecule has 1 unspecified atom stereocenters. The van der Waals surface area contributed by atoms with Gasteiger partial charge in [0.15, 0.2) is 11.5 Å². The third kappa shape index (κ3) is 7.41. The van der Waals surface area contributed by atoms with Gasteiger partial charge in [0.05, 0.1) is 55.2 Å². The minimum Gasteiger partial charge on any atom is -0.493 e. The first-order chi connectivity index (χ1) is 13.7. The first-order valence-corrected chi connectivity index (χ1v) is 8.88. The fourth-order valence-corrected chi connectivity index (χ4v) is 2.33. The number of benzene rings is 1. The van der Waals surface area contributed by atoms with Gasteiger partial charge in [-0.3, -0.25) is 14.9 Å². The molecule has 160 valence electrons. The maximum absolute atomic E-state index is 11.6. The molecule has 10 heteroatoms. The van der Waals surface area contributed by atoms with Crippen molar-refractivity contribution in [3.8, 4) is 11.5 Å². The molecule has 0 saturated heterocycles. The predicted molar refractivity (Wildman–Crippen MR) is 102 cm³/mol. The summed E-state index contributed by atoms with van der Waals surface area (Å²) in [5, 5.41) is 20.2. The molecule has 1 N–H and O–H groups in total. The van der Waals surface area contributed by atoms with Crippen molar-refractivity contribution < 1.29 is 38.6 Å². The van der Waals surface area contributed by atoms with Crippen LogP contribution >= 0.6 is 0 Å². The Balaban J connectivity index is 2.98. The molecule has 0 aliphatic heterocycles. The minimum atomic E-state index is -0.961. The number of nitrogens with zero attached hydrogens (tertiary/aromatic N) is 1. The fourth-order valence-electron chi connectivity index (χ4n) is 2.33. The van der Waals surface area contributed by atoms with E-state index in [2.05, 4.69) is 6.58 Å².